The number of aromatic nitrogens is 1. The number of hydrogen-bond donors (Lipinski definition) is 2. The van der Waals surface area contributed by atoms with E-state index in [1.807, 2.05) is 42.6 Å². The van der Waals surface area contributed by atoms with Crippen molar-refractivity contribution >= 4 is 44.3 Å². The Bertz CT molecular complexity index is 1460. The van der Waals surface area contributed by atoms with Crippen molar-refractivity contribution in [2.45, 2.75) is 12.5 Å². The van der Waals surface area contributed by atoms with Gasteiger partial charge in [0.25, 0.3) is 11.7 Å². The van der Waals surface area contributed by atoms with Crippen LogP contribution in [0.3, 0.4) is 0 Å². The highest BCUT2D eigenvalue weighted by Gasteiger charge is 2.46. The molecule has 35 heavy (non-hydrogen) atoms. The number of likely N-dealkylation sites (tertiary alicyclic amines) is 1. The number of halogens is 1. The molecule has 0 aliphatic carbocycles. The van der Waals surface area contributed by atoms with Gasteiger partial charge in [-0.2, -0.15) is 0 Å². The van der Waals surface area contributed by atoms with Gasteiger partial charge in [-0.05, 0) is 47.9 Å². The van der Waals surface area contributed by atoms with Gasteiger partial charge in [-0.1, -0.05) is 58.4 Å². The first-order chi connectivity index (χ1) is 17.0. The van der Waals surface area contributed by atoms with Crippen molar-refractivity contribution in [2.75, 3.05) is 13.7 Å². The molecule has 0 bridgehead atoms. The van der Waals surface area contributed by atoms with Crippen LogP contribution in [0.25, 0.3) is 16.7 Å². The lowest BCUT2D eigenvalue weighted by Crippen LogP contribution is -2.31. The van der Waals surface area contributed by atoms with Crippen LogP contribution in [0.5, 0.6) is 5.75 Å². The molecular weight excluding hydrogens is 508 g/mol. The van der Waals surface area contributed by atoms with Gasteiger partial charge in [-0.25, -0.2) is 0 Å². The second-order valence-corrected chi connectivity index (χ2v) is 9.30. The molecule has 1 aliphatic rings. The van der Waals surface area contributed by atoms with E-state index in [-0.39, 0.29) is 11.3 Å². The van der Waals surface area contributed by atoms with Crippen molar-refractivity contribution < 1.29 is 19.4 Å². The third kappa shape index (κ3) is 4.23. The smallest absolute Gasteiger partial charge is 0.295 e. The Balaban J connectivity index is 1.58. The molecule has 5 rings (SSSR count). The number of carbonyl (C=O) groups excluding carboxylic acids is 2. The molecule has 2 heterocycles. The molecule has 4 aromatic rings. The Kier molecular flexibility index (Phi) is 6.17. The van der Waals surface area contributed by atoms with Crippen molar-refractivity contribution in [3.8, 4) is 5.75 Å². The number of Topliss-reactive ketones (excluding diaryl/α,β-unsaturated/α-hetero) is 1. The Morgan fingerprint density at radius 1 is 1.06 bits per heavy atom. The third-order valence-electron chi connectivity index (χ3n) is 6.36. The van der Waals surface area contributed by atoms with Gasteiger partial charge in [0.1, 0.15) is 11.5 Å². The van der Waals surface area contributed by atoms with E-state index in [1.54, 1.807) is 48.4 Å². The topological polar surface area (TPSA) is 82.6 Å². The molecule has 176 valence electrons. The standard InChI is InChI=1S/C28H23BrN2O4/c1-35-21-6-4-5-18(15-21)25-24(26(32)17-9-11-20(29)12-10-17)27(33)28(34)31(25)14-13-19-16-30-23-8-3-2-7-22(19)23/h2-12,15-16,25,30,32H,13-14H2,1H3/t25-/m0/s1. The number of fused-ring (bicyclic) bond motifs is 1. The van der Waals surface area contributed by atoms with E-state index in [0.29, 0.717) is 29.8 Å². The number of hydrogen-bond acceptors (Lipinski definition) is 4. The van der Waals surface area contributed by atoms with Gasteiger partial charge in [0.05, 0.1) is 18.7 Å². The molecule has 1 fully saturated rings. The van der Waals surface area contributed by atoms with Crippen LogP contribution >= 0.6 is 15.9 Å². The maximum atomic E-state index is 13.3. The molecule has 1 amide bonds. The van der Waals surface area contributed by atoms with E-state index in [2.05, 4.69) is 20.9 Å². The summed E-state index contributed by atoms with van der Waals surface area (Å²) in [7, 11) is 1.56. The Hall–Kier alpha value is -3.84. The number of aliphatic hydroxyl groups is 1. The van der Waals surface area contributed by atoms with Crippen LogP contribution in [-0.2, 0) is 16.0 Å². The van der Waals surface area contributed by atoms with Crippen LogP contribution in [0, 0.1) is 0 Å². The second-order valence-electron chi connectivity index (χ2n) is 8.39. The van der Waals surface area contributed by atoms with E-state index < -0.39 is 17.7 Å². The van der Waals surface area contributed by atoms with Crippen LogP contribution in [0.1, 0.15) is 22.7 Å². The molecule has 1 aromatic heterocycles. The average Bonchev–Trinajstić information content (AvgIpc) is 3.41. The zero-order chi connectivity index (χ0) is 24.5. The fourth-order valence-electron chi connectivity index (χ4n) is 4.61. The number of ether oxygens (including phenoxy) is 1. The first kappa shape index (κ1) is 22.9. The molecule has 1 aliphatic heterocycles. The zero-order valence-electron chi connectivity index (χ0n) is 19.0. The minimum absolute atomic E-state index is 0.0736. The summed E-state index contributed by atoms with van der Waals surface area (Å²) in [5.41, 5.74) is 3.31. The minimum atomic E-state index is -0.737. The molecular formula is C28H23BrN2O4. The quantitative estimate of drug-likeness (QED) is 0.193. The summed E-state index contributed by atoms with van der Waals surface area (Å²) in [6.45, 7) is 0.311. The summed E-state index contributed by atoms with van der Waals surface area (Å²) in [5.74, 6) is -0.917. The first-order valence-electron chi connectivity index (χ1n) is 11.2. The SMILES string of the molecule is COc1cccc([C@H]2C(=C(O)c3ccc(Br)cc3)C(=O)C(=O)N2CCc2c[nH]c3ccccc23)c1. The highest BCUT2D eigenvalue weighted by molar-refractivity contribution is 9.10. The maximum Gasteiger partial charge on any atom is 0.295 e. The summed E-state index contributed by atoms with van der Waals surface area (Å²) in [5, 5.41) is 12.3. The molecule has 0 saturated carbocycles. The van der Waals surface area contributed by atoms with Gasteiger partial charge in [-0.3, -0.25) is 9.59 Å². The molecule has 1 atom stereocenters. The maximum absolute atomic E-state index is 13.3. The largest absolute Gasteiger partial charge is 0.507 e. The molecule has 6 nitrogen and oxygen atoms in total. The molecule has 3 aromatic carbocycles. The first-order valence-corrected chi connectivity index (χ1v) is 12.0. The summed E-state index contributed by atoms with van der Waals surface area (Å²) >= 11 is 3.39. The number of amides is 1. The monoisotopic (exact) mass is 530 g/mol. The lowest BCUT2D eigenvalue weighted by atomic mass is 9.95. The Labute approximate surface area is 211 Å². The summed E-state index contributed by atoms with van der Waals surface area (Å²) in [6.07, 6.45) is 2.49. The van der Waals surface area contributed by atoms with Gasteiger partial charge in [-0.15, -0.1) is 0 Å². The molecule has 0 spiro atoms. The lowest BCUT2D eigenvalue weighted by Gasteiger charge is -2.25. The number of benzene rings is 3. The summed E-state index contributed by atoms with van der Waals surface area (Å²) in [6, 6.07) is 21.5. The predicted molar refractivity (Wildman–Crippen MR) is 138 cm³/mol. The van der Waals surface area contributed by atoms with Crippen molar-refractivity contribution in [1.82, 2.24) is 9.88 Å². The van der Waals surface area contributed by atoms with Gasteiger partial charge in [0.2, 0.25) is 0 Å². The normalized spacial score (nSPS) is 17.3. The zero-order valence-corrected chi connectivity index (χ0v) is 20.6. The fraction of sp³-hybridized carbons (Fsp3) is 0.143. The van der Waals surface area contributed by atoms with Crippen molar-refractivity contribution in [2.24, 2.45) is 0 Å². The van der Waals surface area contributed by atoms with Gasteiger partial charge >= 0.3 is 0 Å². The van der Waals surface area contributed by atoms with E-state index >= 15 is 0 Å². The molecule has 7 heteroatoms. The van der Waals surface area contributed by atoms with Crippen molar-refractivity contribution in [3.05, 3.63) is 106 Å². The van der Waals surface area contributed by atoms with Gasteiger partial charge < -0.3 is 19.7 Å². The number of methoxy groups -OCH3 is 1. The molecule has 2 N–H and O–H groups in total. The number of rotatable bonds is 6. The van der Waals surface area contributed by atoms with Crippen LogP contribution < -0.4 is 4.74 Å². The highest BCUT2D eigenvalue weighted by atomic mass is 79.9. The van der Waals surface area contributed by atoms with Crippen molar-refractivity contribution in [3.63, 3.8) is 0 Å². The van der Waals surface area contributed by atoms with Crippen LogP contribution in [-0.4, -0.2) is 40.3 Å². The number of para-hydroxylation sites is 1. The van der Waals surface area contributed by atoms with E-state index in [1.165, 1.54) is 0 Å². The minimum Gasteiger partial charge on any atom is -0.507 e. The van der Waals surface area contributed by atoms with Crippen LogP contribution in [0.2, 0.25) is 0 Å². The molecule has 1 saturated heterocycles. The number of aliphatic hydroxyl groups excluding tert-OH is 1. The number of aromatic amines is 1. The second kappa shape index (κ2) is 9.43. The summed E-state index contributed by atoms with van der Waals surface area (Å²) < 4.78 is 6.23. The predicted octanol–water partition coefficient (Wildman–Crippen LogP) is 5.60. The fourth-order valence-corrected chi connectivity index (χ4v) is 4.88. The van der Waals surface area contributed by atoms with Crippen molar-refractivity contribution in [1.29, 1.82) is 0 Å². The lowest BCUT2D eigenvalue weighted by molar-refractivity contribution is -0.139. The van der Waals surface area contributed by atoms with Gasteiger partial charge in [0, 0.05) is 33.7 Å². The molecule has 0 radical (unpaired) electrons. The highest BCUT2D eigenvalue weighted by Crippen LogP contribution is 2.40. The Morgan fingerprint density at radius 3 is 2.60 bits per heavy atom. The summed E-state index contributed by atoms with van der Waals surface area (Å²) in [4.78, 5) is 31.3. The van der Waals surface area contributed by atoms with Crippen LogP contribution in [0.15, 0.2) is 89.0 Å². The van der Waals surface area contributed by atoms with E-state index in [0.717, 1.165) is 20.9 Å². The third-order valence-corrected chi connectivity index (χ3v) is 6.89. The number of carbonyl (C=O) groups is 2. The van der Waals surface area contributed by atoms with Gasteiger partial charge in [0.15, 0.2) is 0 Å². The Morgan fingerprint density at radius 2 is 1.83 bits per heavy atom. The van der Waals surface area contributed by atoms with E-state index in [9.17, 15) is 14.7 Å². The average molecular weight is 531 g/mol. The van der Waals surface area contributed by atoms with E-state index in [4.69, 9.17) is 4.74 Å². The molecule has 0 unspecified atom stereocenters. The number of nitrogens with one attached hydrogen (secondary N) is 1. The number of ketones is 1. The van der Waals surface area contributed by atoms with Crippen LogP contribution in [0.4, 0.5) is 0 Å². The number of H-pyrrole nitrogens is 1. The number of nitrogens with zero attached hydrogens (tertiary/aromatic N) is 1.